The second-order valence-electron chi connectivity index (χ2n) is 9.20. The van der Waals surface area contributed by atoms with Crippen molar-refractivity contribution in [2.24, 2.45) is 5.92 Å². The van der Waals surface area contributed by atoms with Crippen molar-refractivity contribution >= 4 is 17.3 Å². The lowest BCUT2D eigenvalue weighted by atomic mass is 9.88. The summed E-state index contributed by atoms with van der Waals surface area (Å²) >= 11 is 0. The van der Waals surface area contributed by atoms with E-state index in [0.29, 0.717) is 28.8 Å². The molecule has 3 aromatic rings. The molecule has 1 N–H and O–H groups in total. The monoisotopic (exact) mass is 523 g/mol. The van der Waals surface area contributed by atoms with Crippen LogP contribution in [0.2, 0.25) is 0 Å². The first-order valence-corrected chi connectivity index (χ1v) is 11.7. The summed E-state index contributed by atoms with van der Waals surface area (Å²) in [5.74, 6) is -1.94. The molecule has 3 rings (SSSR count). The van der Waals surface area contributed by atoms with Crippen LogP contribution in [0.25, 0.3) is 11.1 Å². The molecule has 1 unspecified atom stereocenters. The Morgan fingerprint density at radius 1 is 0.811 bits per heavy atom. The van der Waals surface area contributed by atoms with Crippen molar-refractivity contribution in [3.63, 3.8) is 0 Å². The summed E-state index contributed by atoms with van der Waals surface area (Å²) in [6.07, 6.45) is -8.75. The molecule has 0 aliphatic carbocycles. The van der Waals surface area contributed by atoms with E-state index in [0.717, 1.165) is 24.3 Å². The number of alkyl halides is 6. The smallest absolute Gasteiger partial charge is 0.416 e. The van der Waals surface area contributed by atoms with Gasteiger partial charge in [-0.1, -0.05) is 38.1 Å². The predicted molar refractivity (Wildman–Crippen MR) is 131 cm³/mol. The maximum absolute atomic E-state index is 13.4. The molecule has 0 bridgehead atoms. The second kappa shape index (κ2) is 10.9. The van der Waals surface area contributed by atoms with E-state index in [1.165, 1.54) is 24.3 Å². The van der Waals surface area contributed by atoms with Gasteiger partial charge in [0.15, 0.2) is 0 Å². The minimum atomic E-state index is -4.55. The van der Waals surface area contributed by atoms with E-state index in [4.69, 9.17) is 0 Å². The number of rotatable bonds is 8. The van der Waals surface area contributed by atoms with E-state index >= 15 is 0 Å². The molecule has 0 spiro atoms. The summed E-state index contributed by atoms with van der Waals surface area (Å²) < 4.78 is 79.3. The highest BCUT2D eigenvalue weighted by Crippen LogP contribution is 2.38. The lowest BCUT2D eigenvalue weighted by Gasteiger charge is -2.27. The largest absolute Gasteiger partial charge is 0.481 e. The Bertz CT molecular complexity index is 1230. The zero-order chi connectivity index (χ0) is 27.5. The number of carbonyl (C=O) groups is 1. The minimum absolute atomic E-state index is 0.0324. The van der Waals surface area contributed by atoms with Crippen LogP contribution in [0, 0.1) is 5.92 Å². The third kappa shape index (κ3) is 6.84. The molecule has 3 nitrogen and oxygen atoms in total. The van der Waals surface area contributed by atoms with E-state index in [2.05, 4.69) is 0 Å². The van der Waals surface area contributed by atoms with E-state index in [9.17, 15) is 36.2 Å². The molecule has 1 atom stereocenters. The van der Waals surface area contributed by atoms with Gasteiger partial charge in [0, 0.05) is 17.9 Å². The van der Waals surface area contributed by atoms with E-state index < -0.39 is 35.4 Å². The summed E-state index contributed by atoms with van der Waals surface area (Å²) in [7, 11) is 0. The highest BCUT2D eigenvalue weighted by atomic mass is 19.4. The van der Waals surface area contributed by atoms with Gasteiger partial charge >= 0.3 is 18.3 Å². The van der Waals surface area contributed by atoms with Gasteiger partial charge in [-0.3, -0.25) is 4.79 Å². The molecule has 198 valence electrons. The molecule has 0 aliphatic heterocycles. The Morgan fingerprint density at radius 2 is 1.43 bits per heavy atom. The number of benzene rings is 3. The first-order valence-electron chi connectivity index (χ1n) is 11.7. The van der Waals surface area contributed by atoms with Crippen LogP contribution in [-0.4, -0.2) is 17.6 Å². The summed E-state index contributed by atoms with van der Waals surface area (Å²) in [6.45, 7) is 5.75. The molecular weight excluding hydrogens is 496 g/mol. The summed E-state index contributed by atoms with van der Waals surface area (Å²) in [5.41, 5.74) is 0.333. The molecule has 0 aliphatic rings. The lowest BCUT2D eigenvalue weighted by Crippen LogP contribution is -2.19. The average molecular weight is 524 g/mol. The molecule has 0 aromatic heterocycles. The van der Waals surface area contributed by atoms with Gasteiger partial charge in [0.1, 0.15) is 0 Å². The molecule has 0 radical (unpaired) electrons. The summed E-state index contributed by atoms with van der Waals surface area (Å²) in [4.78, 5) is 13.8. The Balaban J connectivity index is 2.19. The van der Waals surface area contributed by atoms with Crippen molar-refractivity contribution in [1.29, 1.82) is 0 Å². The normalized spacial score (nSPS) is 13.0. The molecule has 0 saturated carbocycles. The molecule has 0 fully saturated rings. The van der Waals surface area contributed by atoms with Crippen molar-refractivity contribution in [3.05, 3.63) is 83.4 Å². The fraction of sp³-hybridized carbons (Fsp3) is 0.321. The Kier molecular flexibility index (Phi) is 8.25. The fourth-order valence-electron chi connectivity index (χ4n) is 4.23. The van der Waals surface area contributed by atoms with Crippen LogP contribution in [0.1, 0.15) is 49.8 Å². The zero-order valence-corrected chi connectivity index (χ0v) is 20.5. The third-order valence-corrected chi connectivity index (χ3v) is 6.01. The van der Waals surface area contributed by atoms with Crippen LogP contribution < -0.4 is 4.90 Å². The van der Waals surface area contributed by atoms with Gasteiger partial charge in [-0.25, -0.2) is 0 Å². The van der Waals surface area contributed by atoms with Gasteiger partial charge in [-0.05, 0) is 78.4 Å². The van der Waals surface area contributed by atoms with Crippen LogP contribution in [0.5, 0.6) is 0 Å². The number of halogens is 6. The Hall–Kier alpha value is -3.49. The molecule has 0 saturated heterocycles. The number of anilines is 2. The highest BCUT2D eigenvalue weighted by molar-refractivity contribution is 5.80. The SMILES string of the molecule is CCN(c1cc(-c2ccc(C(F)(F)F)cc2)cc(C(CC(C)C)C(=O)O)c1)c1cccc(C(F)(F)F)c1. The maximum atomic E-state index is 13.4. The van der Waals surface area contributed by atoms with Gasteiger partial charge in [-0.2, -0.15) is 26.3 Å². The number of nitrogens with zero attached hydrogens (tertiary/aromatic N) is 1. The number of hydrogen-bond donors (Lipinski definition) is 1. The van der Waals surface area contributed by atoms with Crippen molar-refractivity contribution in [3.8, 4) is 11.1 Å². The fourth-order valence-corrected chi connectivity index (χ4v) is 4.23. The molecular formula is C28H27F6NO2. The lowest BCUT2D eigenvalue weighted by molar-refractivity contribution is -0.139. The summed E-state index contributed by atoms with van der Waals surface area (Å²) in [5, 5.41) is 9.93. The number of hydrogen-bond acceptors (Lipinski definition) is 2. The van der Waals surface area contributed by atoms with Gasteiger partial charge in [0.2, 0.25) is 0 Å². The van der Waals surface area contributed by atoms with Crippen LogP contribution >= 0.6 is 0 Å². The van der Waals surface area contributed by atoms with Gasteiger partial charge in [0.05, 0.1) is 17.0 Å². The molecule has 0 heterocycles. The van der Waals surface area contributed by atoms with Crippen LogP contribution in [-0.2, 0) is 17.1 Å². The standard InChI is InChI=1S/C28H27F6NO2/c1-4-35(23-7-5-6-22(16-23)28(32,33)34)24-14-19(18-8-10-21(11-9-18)27(29,30)31)13-20(15-24)25(26(36)37)12-17(2)3/h5-11,13-17,25H,4,12H2,1-3H3,(H,36,37). The molecule has 37 heavy (non-hydrogen) atoms. The van der Waals surface area contributed by atoms with Gasteiger partial charge in [0.25, 0.3) is 0 Å². The molecule has 3 aromatic carbocycles. The van der Waals surface area contributed by atoms with Crippen molar-refractivity contribution in [2.45, 2.75) is 45.5 Å². The zero-order valence-electron chi connectivity index (χ0n) is 20.5. The van der Waals surface area contributed by atoms with Crippen LogP contribution in [0.3, 0.4) is 0 Å². The van der Waals surface area contributed by atoms with Crippen LogP contribution in [0.15, 0.2) is 66.7 Å². The van der Waals surface area contributed by atoms with E-state index in [1.54, 1.807) is 30.0 Å². The summed E-state index contributed by atoms with van der Waals surface area (Å²) in [6, 6.07) is 14.1. The highest BCUT2D eigenvalue weighted by Gasteiger charge is 2.32. The number of aliphatic carboxylic acids is 1. The quantitative estimate of drug-likeness (QED) is 0.300. The van der Waals surface area contributed by atoms with Gasteiger partial charge in [-0.15, -0.1) is 0 Å². The topological polar surface area (TPSA) is 40.5 Å². The Labute approximate surface area is 211 Å². The van der Waals surface area contributed by atoms with Crippen molar-refractivity contribution in [1.82, 2.24) is 0 Å². The van der Waals surface area contributed by atoms with E-state index in [1.807, 2.05) is 13.8 Å². The third-order valence-electron chi connectivity index (χ3n) is 6.01. The Morgan fingerprint density at radius 3 is 1.95 bits per heavy atom. The second-order valence-corrected chi connectivity index (χ2v) is 9.20. The van der Waals surface area contributed by atoms with Crippen molar-refractivity contribution < 1.29 is 36.2 Å². The number of carboxylic acid groups (broad SMARTS) is 1. The number of carboxylic acids is 1. The van der Waals surface area contributed by atoms with Crippen molar-refractivity contribution in [2.75, 3.05) is 11.4 Å². The predicted octanol–water partition coefficient (Wildman–Crippen LogP) is 8.76. The molecule has 9 heteroatoms. The first-order chi connectivity index (χ1) is 17.2. The molecule has 0 amide bonds. The van der Waals surface area contributed by atoms with Gasteiger partial charge < -0.3 is 10.0 Å². The maximum Gasteiger partial charge on any atom is 0.416 e. The average Bonchev–Trinajstić information content (AvgIpc) is 2.82. The minimum Gasteiger partial charge on any atom is -0.481 e. The van der Waals surface area contributed by atoms with E-state index in [-0.39, 0.29) is 18.2 Å². The first kappa shape index (κ1) is 28.1. The van der Waals surface area contributed by atoms with Crippen LogP contribution in [0.4, 0.5) is 37.7 Å².